The Morgan fingerprint density at radius 3 is 2.62 bits per heavy atom. The summed E-state index contributed by atoms with van der Waals surface area (Å²) in [6, 6.07) is 15.3. The summed E-state index contributed by atoms with van der Waals surface area (Å²) in [6.07, 6.45) is 1.59. The van der Waals surface area contributed by atoms with Gasteiger partial charge in [0.25, 0.3) is 0 Å². The Bertz CT molecular complexity index is 744. The van der Waals surface area contributed by atoms with Crippen molar-refractivity contribution in [2.45, 2.75) is 5.88 Å². The van der Waals surface area contributed by atoms with Gasteiger partial charge in [-0.05, 0) is 18.2 Å². The minimum Gasteiger partial charge on any atom is -0.421 e. The molecule has 3 rings (SSSR count). The molecule has 0 N–H and O–H groups in total. The Balaban J connectivity index is 1.89. The molecule has 0 aliphatic carbocycles. The topological polar surface area (TPSA) is 39.9 Å². The van der Waals surface area contributed by atoms with E-state index in [1.807, 2.05) is 42.5 Å². The van der Waals surface area contributed by atoms with Gasteiger partial charge in [0.2, 0.25) is 0 Å². The second-order valence-corrected chi connectivity index (χ2v) is 4.95. The first-order valence-corrected chi connectivity index (χ1v) is 7.17. The van der Waals surface area contributed by atoms with Gasteiger partial charge in [-0.2, -0.15) is 4.98 Å². The Morgan fingerprint density at radius 2 is 1.86 bits per heavy atom. The van der Waals surface area contributed by atoms with Gasteiger partial charge in [0, 0.05) is 5.56 Å². The quantitative estimate of drug-likeness (QED) is 0.667. The normalized spacial score (nSPS) is 10.6. The molecular formula is C15H11Cl2N3O. The Morgan fingerprint density at radius 1 is 1.05 bits per heavy atom. The fourth-order valence-corrected chi connectivity index (χ4v) is 2.31. The van der Waals surface area contributed by atoms with Crippen LogP contribution in [0.4, 0.5) is 0 Å². The summed E-state index contributed by atoms with van der Waals surface area (Å²) < 4.78 is 7.31. The third-order valence-corrected chi connectivity index (χ3v) is 3.46. The predicted molar refractivity (Wildman–Crippen MR) is 82.4 cm³/mol. The first kappa shape index (κ1) is 13.9. The average Bonchev–Trinajstić information content (AvgIpc) is 2.99. The van der Waals surface area contributed by atoms with Crippen molar-refractivity contribution in [3.8, 4) is 17.4 Å². The largest absolute Gasteiger partial charge is 0.421 e. The maximum absolute atomic E-state index is 6.14. The van der Waals surface area contributed by atoms with E-state index in [0.717, 1.165) is 11.3 Å². The van der Waals surface area contributed by atoms with Gasteiger partial charge in [-0.15, -0.1) is 16.7 Å². The van der Waals surface area contributed by atoms with Crippen LogP contribution < -0.4 is 4.74 Å². The molecule has 0 atom stereocenters. The van der Waals surface area contributed by atoms with Gasteiger partial charge >= 0.3 is 6.01 Å². The molecule has 0 radical (unpaired) electrons. The monoisotopic (exact) mass is 319 g/mol. The van der Waals surface area contributed by atoms with E-state index in [1.165, 1.54) is 0 Å². The zero-order valence-corrected chi connectivity index (χ0v) is 12.4. The number of hydrogen-bond donors (Lipinski definition) is 0. The van der Waals surface area contributed by atoms with Crippen molar-refractivity contribution < 1.29 is 4.74 Å². The number of nitrogens with zero attached hydrogens (tertiary/aromatic N) is 3. The lowest BCUT2D eigenvalue weighted by Gasteiger charge is -2.07. The molecule has 0 saturated heterocycles. The molecule has 4 nitrogen and oxygen atoms in total. The second-order valence-electron chi connectivity index (χ2n) is 4.27. The zero-order chi connectivity index (χ0) is 14.7. The van der Waals surface area contributed by atoms with E-state index in [4.69, 9.17) is 27.9 Å². The summed E-state index contributed by atoms with van der Waals surface area (Å²) in [5.74, 6) is 0.787. The lowest BCUT2D eigenvalue weighted by Crippen LogP contribution is -1.96. The number of para-hydroxylation sites is 2. The maximum atomic E-state index is 6.14. The van der Waals surface area contributed by atoms with Gasteiger partial charge < -0.3 is 4.74 Å². The van der Waals surface area contributed by atoms with E-state index in [1.54, 1.807) is 17.1 Å². The average molecular weight is 320 g/mol. The molecule has 0 bridgehead atoms. The van der Waals surface area contributed by atoms with Crippen molar-refractivity contribution in [3.05, 3.63) is 65.4 Å². The van der Waals surface area contributed by atoms with Crippen LogP contribution >= 0.6 is 23.2 Å². The van der Waals surface area contributed by atoms with Crippen LogP contribution in [0.2, 0.25) is 5.02 Å². The highest BCUT2D eigenvalue weighted by Gasteiger charge is 2.12. The molecule has 1 aromatic heterocycles. The molecule has 3 aromatic rings. The van der Waals surface area contributed by atoms with Crippen LogP contribution in [0, 0.1) is 0 Å². The summed E-state index contributed by atoms with van der Waals surface area (Å²) in [5, 5.41) is 4.75. The van der Waals surface area contributed by atoms with E-state index in [9.17, 15) is 0 Å². The second kappa shape index (κ2) is 6.16. The molecule has 0 amide bonds. The molecule has 21 heavy (non-hydrogen) atoms. The van der Waals surface area contributed by atoms with Crippen LogP contribution in [-0.4, -0.2) is 14.8 Å². The van der Waals surface area contributed by atoms with Crippen LogP contribution in [0.3, 0.4) is 0 Å². The first-order chi connectivity index (χ1) is 10.3. The minimum atomic E-state index is 0.221. The summed E-state index contributed by atoms with van der Waals surface area (Å²) in [6.45, 7) is 0. The van der Waals surface area contributed by atoms with Crippen molar-refractivity contribution >= 4 is 23.2 Å². The molecule has 106 valence electrons. The molecule has 0 saturated carbocycles. The van der Waals surface area contributed by atoms with Gasteiger partial charge in [-0.3, -0.25) is 0 Å². The molecule has 2 aromatic carbocycles. The van der Waals surface area contributed by atoms with Crippen molar-refractivity contribution in [1.29, 1.82) is 0 Å². The zero-order valence-electron chi connectivity index (χ0n) is 10.9. The molecule has 6 heteroatoms. The lowest BCUT2D eigenvalue weighted by atomic mass is 10.2. The molecule has 0 aliphatic rings. The summed E-state index contributed by atoms with van der Waals surface area (Å²) in [5.41, 5.74) is 1.69. The van der Waals surface area contributed by atoms with Crippen molar-refractivity contribution in [2.24, 2.45) is 0 Å². The number of benzene rings is 2. The van der Waals surface area contributed by atoms with E-state index in [-0.39, 0.29) is 6.01 Å². The van der Waals surface area contributed by atoms with Gasteiger partial charge in [-0.1, -0.05) is 41.9 Å². The van der Waals surface area contributed by atoms with Crippen LogP contribution in [0.5, 0.6) is 11.8 Å². The minimum absolute atomic E-state index is 0.221. The summed E-state index contributed by atoms with van der Waals surface area (Å²) in [7, 11) is 0. The standard InChI is InChI=1S/C15H11Cl2N3O/c16-9-11-5-4-8-13(17)14(11)21-15-18-10-20(19-15)12-6-2-1-3-7-12/h1-8,10H,9H2. The number of halogens is 2. The van der Waals surface area contributed by atoms with Crippen molar-refractivity contribution in [3.63, 3.8) is 0 Å². The highest BCUT2D eigenvalue weighted by Crippen LogP contribution is 2.32. The first-order valence-electron chi connectivity index (χ1n) is 6.26. The molecule has 0 spiro atoms. The van der Waals surface area contributed by atoms with Gasteiger partial charge in [0.15, 0.2) is 5.75 Å². The van der Waals surface area contributed by atoms with Crippen LogP contribution in [-0.2, 0) is 5.88 Å². The fraction of sp³-hybridized carbons (Fsp3) is 0.0667. The highest BCUT2D eigenvalue weighted by atomic mass is 35.5. The van der Waals surface area contributed by atoms with Crippen LogP contribution in [0.15, 0.2) is 54.9 Å². The number of rotatable bonds is 4. The van der Waals surface area contributed by atoms with E-state index >= 15 is 0 Å². The Labute approximate surface area is 131 Å². The van der Waals surface area contributed by atoms with Crippen molar-refractivity contribution in [2.75, 3.05) is 0 Å². The third kappa shape index (κ3) is 3.01. The van der Waals surface area contributed by atoms with Gasteiger partial charge in [-0.25, -0.2) is 4.68 Å². The lowest BCUT2D eigenvalue weighted by molar-refractivity contribution is 0.438. The van der Waals surface area contributed by atoms with Crippen LogP contribution in [0.25, 0.3) is 5.69 Å². The SMILES string of the molecule is ClCc1cccc(Cl)c1Oc1ncn(-c2ccccc2)n1. The summed E-state index contributed by atoms with van der Waals surface area (Å²) >= 11 is 12.0. The number of hydrogen-bond acceptors (Lipinski definition) is 3. The number of ether oxygens (including phenoxy) is 1. The maximum Gasteiger partial charge on any atom is 0.341 e. The number of alkyl halides is 1. The van der Waals surface area contributed by atoms with Gasteiger partial charge in [0.1, 0.15) is 6.33 Å². The van der Waals surface area contributed by atoms with Crippen LogP contribution in [0.1, 0.15) is 5.56 Å². The smallest absolute Gasteiger partial charge is 0.341 e. The highest BCUT2D eigenvalue weighted by molar-refractivity contribution is 6.32. The third-order valence-electron chi connectivity index (χ3n) is 2.88. The predicted octanol–water partition coefficient (Wildman–Crippen LogP) is 4.45. The molecule has 0 unspecified atom stereocenters. The molecule has 0 fully saturated rings. The Hall–Kier alpha value is -2.04. The van der Waals surface area contributed by atoms with Gasteiger partial charge in [0.05, 0.1) is 16.6 Å². The molecule has 0 aliphatic heterocycles. The summed E-state index contributed by atoms with van der Waals surface area (Å²) in [4.78, 5) is 4.13. The fourth-order valence-electron chi connectivity index (χ4n) is 1.86. The Kier molecular flexibility index (Phi) is 4.08. The molecule has 1 heterocycles. The van der Waals surface area contributed by atoms with Crippen molar-refractivity contribution in [1.82, 2.24) is 14.8 Å². The van der Waals surface area contributed by atoms with E-state index in [0.29, 0.717) is 16.7 Å². The van der Waals surface area contributed by atoms with E-state index in [2.05, 4.69) is 10.1 Å². The number of aromatic nitrogens is 3. The van der Waals surface area contributed by atoms with E-state index < -0.39 is 0 Å². The molecular weight excluding hydrogens is 309 g/mol.